The Morgan fingerprint density at radius 2 is 2.16 bits per heavy atom. The number of amides is 1. The fourth-order valence-electron chi connectivity index (χ4n) is 2.64. The Morgan fingerprint density at radius 3 is 2.88 bits per heavy atom. The molecular formula is C16H12N4O4S. The Balaban J connectivity index is 1.43. The molecule has 0 N–H and O–H groups in total. The van der Waals surface area contributed by atoms with Crippen molar-refractivity contribution in [2.24, 2.45) is 0 Å². The first-order chi connectivity index (χ1) is 12.1. The number of rotatable bonds is 4. The summed E-state index contributed by atoms with van der Waals surface area (Å²) >= 11 is 1.53. The number of aromatic nitrogens is 2. The van der Waals surface area contributed by atoms with Gasteiger partial charge in [-0.2, -0.15) is 4.98 Å². The number of thiophene rings is 1. The van der Waals surface area contributed by atoms with Crippen molar-refractivity contribution >= 4 is 22.9 Å². The largest absolute Gasteiger partial charge is 0.339 e. The molecule has 0 radical (unpaired) electrons. The Hall–Kier alpha value is -3.07. The summed E-state index contributed by atoms with van der Waals surface area (Å²) in [6, 6.07) is 9.56. The second-order valence-electron chi connectivity index (χ2n) is 5.65. The van der Waals surface area contributed by atoms with Crippen LogP contribution in [-0.4, -0.2) is 39.0 Å². The van der Waals surface area contributed by atoms with Crippen molar-refractivity contribution in [1.29, 1.82) is 0 Å². The summed E-state index contributed by atoms with van der Waals surface area (Å²) in [4.78, 5) is 29.6. The first kappa shape index (κ1) is 15.5. The average molecular weight is 356 g/mol. The Morgan fingerprint density at radius 1 is 1.32 bits per heavy atom. The van der Waals surface area contributed by atoms with Crippen LogP contribution >= 0.6 is 11.3 Å². The SMILES string of the molecule is O=C(c1cccc([N+](=O)[O-])c1)N1CC(c2nc(-c3cccs3)no2)C1. The summed E-state index contributed by atoms with van der Waals surface area (Å²) in [7, 11) is 0. The molecule has 4 rings (SSSR count). The van der Waals surface area contributed by atoms with E-state index >= 15 is 0 Å². The predicted molar refractivity (Wildman–Crippen MR) is 89.4 cm³/mol. The highest BCUT2D eigenvalue weighted by Gasteiger charge is 2.36. The van der Waals surface area contributed by atoms with Gasteiger partial charge >= 0.3 is 0 Å². The minimum atomic E-state index is -0.514. The summed E-state index contributed by atoms with van der Waals surface area (Å²) < 4.78 is 5.30. The Kier molecular flexibility index (Phi) is 3.77. The van der Waals surface area contributed by atoms with Crippen LogP contribution in [0.5, 0.6) is 0 Å². The lowest BCUT2D eigenvalue weighted by molar-refractivity contribution is -0.384. The first-order valence-corrected chi connectivity index (χ1v) is 8.41. The zero-order valence-corrected chi connectivity index (χ0v) is 13.7. The van der Waals surface area contributed by atoms with E-state index in [4.69, 9.17) is 4.52 Å². The van der Waals surface area contributed by atoms with Crippen LogP contribution in [0.15, 0.2) is 46.3 Å². The highest BCUT2D eigenvalue weighted by Crippen LogP contribution is 2.30. The van der Waals surface area contributed by atoms with Crippen LogP contribution in [0.1, 0.15) is 22.2 Å². The van der Waals surface area contributed by atoms with Crippen molar-refractivity contribution in [1.82, 2.24) is 15.0 Å². The molecule has 8 nitrogen and oxygen atoms in total. The lowest BCUT2D eigenvalue weighted by Gasteiger charge is -2.37. The molecular weight excluding hydrogens is 344 g/mol. The molecule has 0 aliphatic carbocycles. The van der Waals surface area contributed by atoms with E-state index in [2.05, 4.69) is 10.1 Å². The van der Waals surface area contributed by atoms with E-state index in [-0.39, 0.29) is 17.5 Å². The van der Waals surface area contributed by atoms with Crippen LogP contribution in [0, 0.1) is 10.1 Å². The van der Waals surface area contributed by atoms with Gasteiger partial charge in [0.25, 0.3) is 11.6 Å². The highest BCUT2D eigenvalue weighted by atomic mass is 32.1. The zero-order chi connectivity index (χ0) is 17.4. The van der Waals surface area contributed by atoms with E-state index in [1.165, 1.54) is 29.5 Å². The molecule has 1 fully saturated rings. The molecule has 1 saturated heterocycles. The van der Waals surface area contributed by atoms with Crippen LogP contribution < -0.4 is 0 Å². The molecule has 1 aliphatic heterocycles. The number of nitro benzene ring substituents is 1. The topological polar surface area (TPSA) is 102 Å². The number of carbonyl (C=O) groups excluding carboxylic acids is 1. The number of benzene rings is 1. The second-order valence-corrected chi connectivity index (χ2v) is 6.60. The van der Waals surface area contributed by atoms with Gasteiger partial charge in [-0.25, -0.2) is 0 Å². The van der Waals surface area contributed by atoms with Crippen molar-refractivity contribution in [3.63, 3.8) is 0 Å². The van der Waals surface area contributed by atoms with E-state index in [9.17, 15) is 14.9 Å². The minimum Gasteiger partial charge on any atom is -0.339 e. The molecule has 1 amide bonds. The molecule has 1 aromatic carbocycles. The maximum absolute atomic E-state index is 12.4. The number of nitrogens with zero attached hydrogens (tertiary/aromatic N) is 4. The maximum Gasteiger partial charge on any atom is 0.270 e. The van der Waals surface area contributed by atoms with Gasteiger partial charge in [0.1, 0.15) is 0 Å². The van der Waals surface area contributed by atoms with Crippen molar-refractivity contribution < 1.29 is 14.2 Å². The van der Waals surface area contributed by atoms with Gasteiger partial charge in [0.2, 0.25) is 11.7 Å². The molecule has 0 saturated carbocycles. The summed E-state index contributed by atoms with van der Waals surface area (Å²) in [5, 5.41) is 16.7. The van der Waals surface area contributed by atoms with Crippen molar-refractivity contribution in [3.8, 4) is 10.7 Å². The van der Waals surface area contributed by atoms with Crippen molar-refractivity contribution in [2.45, 2.75) is 5.92 Å². The van der Waals surface area contributed by atoms with E-state index in [1.54, 1.807) is 11.0 Å². The summed E-state index contributed by atoms with van der Waals surface area (Å²) in [5.74, 6) is 0.807. The molecule has 0 bridgehead atoms. The lowest BCUT2D eigenvalue weighted by atomic mass is 9.98. The van der Waals surface area contributed by atoms with E-state index in [1.807, 2.05) is 17.5 Å². The predicted octanol–water partition coefficient (Wildman–Crippen LogP) is 2.95. The van der Waals surface area contributed by atoms with Gasteiger partial charge < -0.3 is 9.42 Å². The van der Waals surface area contributed by atoms with Gasteiger partial charge in [-0.1, -0.05) is 17.3 Å². The highest BCUT2D eigenvalue weighted by molar-refractivity contribution is 7.13. The number of carbonyl (C=O) groups is 1. The van der Waals surface area contributed by atoms with Crippen LogP contribution in [0.2, 0.25) is 0 Å². The van der Waals surface area contributed by atoms with Gasteiger partial charge in [-0.05, 0) is 17.5 Å². The molecule has 3 aromatic rings. The van der Waals surface area contributed by atoms with Gasteiger partial charge in [0.15, 0.2) is 0 Å². The minimum absolute atomic E-state index is 0.0103. The maximum atomic E-state index is 12.4. The summed E-state index contributed by atoms with van der Waals surface area (Å²) in [6.07, 6.45) is 0. The molecule has 9 heteroatoms. The monoisotopic (exact) mass is 356 g/mol. The molecule has 0 atom stereocenters. The molecule has 0 unspecified atom stereocenters. The molecule has 1 aliphatic rings. The number of nitro groups is 1. The third kappa shape index (κ3) is 2.89. The smallest absolute Gasteiger partial charge is 0.270 e. The number of hydrogen-bond acceptors (Lipinski definition) is 7. The Labute approximate surface area is 145 Å². The van der Waals surface area contributed by atoms with Crippen molar-refractivity contribution in [3.05, 3.63) is 63.3 Å². The number of non-ortho nitro benzene ring substituents is 1. The third-order valence-electron chi connectivity index (χ3n) is 4.01. The van der Waals surface area contributed by atoms with E-state index in [0.29, 0.717) is 30.4 Å². The quantitative estimate of drug-likeness (QED) is 0.526. The number of likely N-dealkylation sites (tertiary alicyclic amines) is 1. The van der Waals surface area contributed by atoms with Gasteiger partial charge in [0.05, 0.1) is 15.7 Å². The molecule has 25 heavy (non-hydrogen) atoms. The van der Waals surface area contributed by atoms with E-state index < -0.39 is 4.92 Å². The summed E-state index contributed by atoms with van der Waals surface area (Å²) in [6.45, 7) is 0.904. The van der Waals surface area contributed by atoms with Crippen LogP contribution in [-0.2, 0) is 0 Å². The second kappa shape index (κ2) is 6.10. The number of hydrogen-bond donors (Lipinski definition) is 0. The van der Waals surface area contributed by atoms with Crippen molar-refractivity contribution in [2.75, 3.05) is 13.1 Å². The first-order valence-electron chi connectivity index (χ1n) is 7.53. The average Bonchev–Trinajstić information content (AvgIpc) is 3.25. The van der Waals surface area contributed by atoms with Crippen LogP contribution in [0.3, 0.4) is 0 Å². The van der Waals surface area contributed by atoms with Gasteiger partial charge in [-0.3, -0.25) is 14.9 Å². The normalized spacial score (nSPS) is 14.3. The fraction of sp³-hybridized carbons (Fsp3) is 0.188. The van der Waals surface area contributed by atoms with Crippen LogP contribution in [0.25, 0.3) is 10.7 Å². The molecule has 2 aromatic heterocycles. The molecule has 3 heterocycles. The van der Waals surface area contributed by atoms with E-state index in [0.717, 1.165) is 4.88 Å². The lowest BCUT2D eigenvalue weighted by Crippen LogP contribution is -2.48. The fourth-order valence-corrected chi connectivity index (χ4v) is 3.29. The van der Waals surface area contributed by atoms with Crippen LogP contribution in [0.4, 0.5) is 5.69 Å². The van der Waals surface area contributed by atoms with Gasteiger partial charge in [0, 0.05) is 30.8 Å². The summed E-state index contributed by atoms with van der Waals surface area (Å²) in [5.41, 5.74) is 0.206. The standard InChI is InChI=1S/C16H12N4O4S/c21-16(10-3-1-4-12(7-10)20(22)23)19-8-11(9-19)15-17-14(18-24-15)13-5-2-6-25-13/h1-7,11H,8-9H2. The molecule has 0 spiro atoms. The Bertz CT molecular complexity index is 931. The zero-order valence-electron chi connectivity index (χ0n) is 12.9. The van der Waals surface area contributed by atoms with Gasteiger partial charge in [-0.15, -0.1) is 11.3 Å². The molecule has 126 valence electrons. The third-order valence-corrected chi connectivity index (χ3v) is 4.87.